The first-order valence-electron chi connectivity index (χ1n) is 8.63. The van der Waals surface area contributed by atoms with Crippen LogP contribution in [0.2, 0.25) is 0 Å². The molecule has 3 rings (SSSR count). The average Bonchev–Trinajstić information content (AvgIpc) is 3.19. The van der Waals surface area contributed by atoms with Gasteiger partial charge in [0.2, 0.25) is 11.7 Å². The molecule has 7 nitrogen and oxygen atoms in total. The Labute approximate surface area is 163 Å². The van der Waals surface area contributed by atoms with Crippen molar-refractivity contribution >= 4 is 41.3 Å². The third kappa shape index (κ3) is 3.83. The molecule has 27 heavy (non-hydrogen) atoms. The average molecular weight is 392 g/mol. The maximum atomic E-state index is 12.8. The number of Topliss-reactive ketones (excluding diaryl/α,β-unsaturated/α-hetero) is 1. The molecule has 0 radical (unpaired) electrons. The van der Waals surface area contributed by atoms with Crippen molar-refractivity contribution in [1.29, 1.82) is 0 Å². The maximum absolute atomic E-state index is 12.8. The Morgan fingerprint density at radius 3 is 2.74 bits per heavy atom. The molecule has 0 unspecified atom stereocenters. The molecule has 0 bridgehead atoms. The van der Waals surface area contributed by atoms with Crippen LogP contribution in [0.5, 0.6) is 0 Å². The van der Waals surface area contributed by atoms with Crippen LogP contribution in [-0.4, -0.2) is 46.3 Å². The molecule has 1 aliphatic heterocycles. The number of nitrogens with zero attached hydrogens (tertiary/aromatic N) is 2. The van der Waals surface area contributed by atoms with E-state index in [-0.39, 0.29) is 36.2 Å². The number of H-pyrrole nitrogens is 1. The molecule has 8 heteroatoms. The number of carbonyl (C=O) groups excluding carboxylic acids is 2. The van der Waals surface area contributed by atoms with Crippen LogP contribution in [0.4, 0.5) is 0 Å². The summed E-state index contributed by atoms with van der Waals surface area (Å²) in [5, 5.41) is 0.866. The van der Waals surface area contributed by atoms with Crippen molar-refractivity contribution in [1.82, 2.24) is 14.9 Å². The van der Waals surface area contributed by atoms with E-state index in [0.29, 0.717) is 18.7 Å². The maximum Gasteiger partial charge on any atom is 0.347 e. The SMILES string of the molecule is CCOC(=O)C1=C(N(CC)CC)O/C(=C\c2c[nH]c3ncccc23)C1=O.Cl. The third-order valence-corrected chi connectivity index (χ3v) is 4.17. The minimum atomic E-state index is -0.664. The van der Waals surface area contributed by atoms with E-state index in [1.54, 1.807) is 25.4 Å². The minimum absolute atomic E-state index is 0. The second kappa shape index (κ2) is 8.73. The van der Waals surface area contributed by atoms with Crippen molar-refractivity contribution in [2.24, 2.45) is 0 Å². The summed E-state index contributed by atoms with van der Waals surface area (Å²) in [6, 6.07) is 3.72. The largest absolute Gasteiger partial charge is 0.462 e. The first-order chi connectivity index (χ1) is 12.6. The number of carbonyl (C=O) groups is 2. The summed E-state index contributed by atoms with van der Waals surface area (Å²) in [6.07, 6.45) is 5.06. The summed E-state index contributed by atoms with van der Waals surface area (Å²) in [4.78, 5) is 34.2. The molecule has 0 aromatic carbocycles. The molecule has 0 atom stereocenters. The van der Waals surface area contributed by atoms with Gasteiger partial charge >= 0.3 is 5.97 Å². The summed E-state index contributed by atoms with van der Waals surface area (Å²) in [6.45, 7) is 6.96. The van der Waals surface area contributed by atoms with E-state index in [2.05, 4.69) is 9.97 Å². The van der Waals surface area contributed by atoms with Crippen LogP contribution >= 0.6 is 12.4 Å². The van der Waals surface area contributed by atoms with Gasteiger partial charge in [-0.1, -0.05) is 0 Å². The van der Waals surface area contributed by atoms with Gasteiger partial charge in [0.05, 0.1) is 6.61 Å². The molecular weight excluding hydrogens is 370 g/mol. The number of hydrogen-bond acceptors (Lipinski definition) is 6. The van der Waals surface area contributed by atoms with Crippen molar-refractivity contribution in [2.45, 2.75) is 20.8 Å². The van der Waals surface area contributed by atoms with Crippen LogP contribution in [0.15, 0.2) is 41.7 Å². The molecule has 0 saturated carbocycles. The first kappa shape index (κ1) is 20.5. The molecule has 0 amide bonds. The Bertz CT molecular complexity index is 913. The second-order valence-corrected chi connectivity index (χ2v) is 5.66. The van der Waals surface area contributed by atoms with Crippen LogP contribution < -0.4 is 0 Å². The number of aromatic amines is 1. The topological polar surface area (TPSA) is 84.5 Å². The van der Waals surface area contributed by atoms with Gasteiger partial charge in [-0.25, -0.2) is 9.78 Å². The summed E-state index contributed by atoms with van der Waals surface area (Å²) >= 11 is 0. The molecule has 0 saturated heterocycles. The van der Waals surface area contributed by atoms with E-state index in [1.807, 2.05) is 30.9 Å². The van der Waals surface area contributed by atoms with Crippen LogP contribution in [0.1, 0.15) is 26.3 Å². The fourth-order valence-electron chi connectivity index (χ4n) is 2.87. The van der Waals surface area contributed by atoms with Gasteiger partial charge in [-0.2, -0.15) is 0 Å². The quantitative estimate of drug-likeness (QED) is 0.463. The van der Waals surface area contributed by atoms with Crippen molar-refractivity contribution < 1.29 is 19.1 Å². The Morgan fingerprint density at radius 2 is 2.07 bits per heavy atom. The molecule has 2 aromatic heterocycles. The van der Waals surface area contributed by atoms with E-state index >= 15 is 0 Å². The van der Waals surface area contributed by atoms with Gasteiger partial charge in [0.25, 0.3) is 0 Å². The fraction of sp³-hybridized carbons (Fsp3) is 0.316. The van der Waals surface area contributed by atoms with Crippen LogP contribution in [0, 0.1) is 0 Å². The van der Waals surface area contributed by atoms with Gasteiger partial charge in [0, 0.05) is 36.4 Å². The number of esters is 1. The summed E-state index contributed by atoms with van der Waals surface area (Å²) in [7, 11) is 0. The number of halogens is 1. The summed E-state index contributed by atoms with van der Waals surface area (Å²) < 4.78 is 10.9. The highest BCUT2D eigenvalue weighted by atomic mass is 35.5. The highest BCUT2D eigenvalue weighted by Crippen LogP contribution is 2.31. The highest BCUT2D eigenvalue weighted by molar-refractivity contribution is 6.26. The zero-order valence-corrected chi connectivity index (χ0v) is 16.3. The Balaban J connectivity index is 0.00000261. The number of ketones is 1. The van der Waals surface area contributed by atoms with Gasteiger partial charge in [-0.15, -0.1) is 12.4 Å². The number of ether oxygens (including phenoxy) is 2. The van der Waals surface area contributed by atoms with E-state index in [1.165, 1.54) is 0 Å². The number of aromatic nitrogens is 2. The monoisotopic (exact) mass is 391 g/mol. The van der Waals surface area contributed by atoms with E-state index in [4.69, 9.17) is 9.47 Å². The normalized spacial score (nSPS) is 15.1. The Kier molecular flexibility index (Phi) is 6.63. The molecule has 0 spiro atoms. The Morgan fingerprint density at radius 1 is 1.33 bits per heavy atom. The van der Waals surface area contributed by atoms with Gasteiger partial charge in [0.1, 0.15) is 5.65 Å². The smallest absolute Gasteiger partial charge is 0.347 e. The van der Waals surface area contributed by atoms with Gasteiger partial charge in [0.15, 0.2) is 11.3 Å². The molecule has 144 valence electrons. The zero-order valence-electron chi connectivity index (χ0n) is 15.4. The van der Waals surface area contributed by atoms with Crippen LogP contribution in [0.3, 0.4) is 0 Å². The number of fused-ring (bicyclic) bond motifs is 1. The molecule has 0 fully saturated rings. The van der Waals surface area contributed by atoms with Gasteiger partial charge < -0.3 is 19.4 Å². The van der Waals surface area contributed by atoms with E-state index in [9.17, 15) is 9.59 Å². The minimum Gasteiger partial charge on any atom is -0.462 e. The third-order valence-electron chi connectivity index (χ3n) is 4.17. The van der Waals surface area contributed by atoms with E-state index < -0.39 is 11.8 Å². The lowest BCUT2D eigenvalue weighted by Gasteiger charge is -2.21. The number of nitrogens with one attached hydrogen (secondary N) is 1. The highest BCUT2D eigenvalue weighted by Gasteiger charge is 2.38. The molecule has 3 heterocycles. The predicted molar refractivity (Wildman–Crippen MR) is 104 cm³/mol. The number of hydrogen-bond donors (Lipinski definition) is 1. The summed E-state index contributed by atoms with van der Waals surface area (Å²) in [5.41, 5.74) is 1.42. The van der Waals surface area contributed by atoms with Gasteiger partial charge in [-0.05, 0) is 39.0 Å². The van der Waals surface area contributed by atoms with E-state index in [0.717, 1.165) is 10.9 Å². The summed E-state index contributed by atoms with van der Waals surface area (Å²) in [5.74, 6) is -0.783. The van der Waals surface area contributed by atoms with Crippen molar-refractivity contribution in [3.8, 4) is 0 Å². The van der Waals surface area contributed by atoms with Crippen LogP contribution in [-0.2, 0) is 19.1 Å². The van der Waals surface area contributed by atoms with Crippen molar-refractivity contribution in [2.75, 3.05) is 19.7 Å². The number of allylic oxidation sites excluding steroid dienone is 1. The molecular formula is C19H22ClN3O4. The lowest BCUT2D eigenvalue weighted by molar-refractivity contribution is -0.139. The molecule has 1 aliphatic rings. The lowest BCUT2D eigenvalue weighted by atomic mass is 10.1. The fourth-order valence-corrected chi connectivity index (χ4v) is 2.87. The number of pyridine rings is 1. The first-order valence-corrected chi connectivity index (χ1v) is 8.63. The van der Waals surface area contributed by atoms with Gasteiger partial charge in [-0.3, -0.25) is 4.79 Å². The number of rotatable bonds is 6. The second-order valence-electron chi connectivity index (χ2n) is 5.66. The van der Waals surface area contributed by atoms with Crippen molar-refractivity contribution in [3.63, 3.8) is 0 Å². The lowest BCUT2D eigenvalue weighted by Crippen LogP contribution is -2.25. The standard InChI is InChI=1S/C19H21N3O4.ClH/c1-4-22(5-2)18-15(19(24)25-6-3)16(23)14(26-18)10-12-11-21-17-13(12)8-7-9-20-17;/h7-11H,4-6H2,1-3H3,(H,20,21);1H/b14-10-;. The molecule has 1 N–H and O–H groups in total. The van der Waals surface area contributed by atoms with Crippen molar-refractivity contribution in [3.05, 3.63) is 47.3 Å². The zero-order chi connectivity index (χ0) is 18.7. The predicted octanol–water partition coefficient (Wildman–Crippen LogP) is 3.04. The molecule has 0 aliphatic carbocycles. The van der Waals surface area contributed by atoms with Crippen LogP contribution in [0.25, 0.3) is 17.1 Å². The molecule has 2 aromatic rings. The Hall–Kier alpha value is -2.80.